The predicted molar refractivity (Wildman–Crippen MR) is 94.1 cm³/mol. The standard InChI is InChI=1S/C15H11Cl3N2O5/c16-8-3-9(17)15(10(18)4-8)25-6-12(22)20-19-5-7-1-2-11(21)14(24)13(7)23/h1-5,21,23-24H,6H2,(H,20,22)/b19-5+. The van der Waals surface area contributed by atoms with Gasteiger partial charge in [-0.15, -0.1) is 0 Å². The van der Waals surface area contributed by atoms with Gasteiger partial charge in [0.1, 0.15) is 0 Å². The molecule has 4 N–H and O–H groups in total. The van der Waals surface area contributed by atoms with Gasteiger partial charge < -0.3 is 20.1 Å². The number of amides is 1. The van der Waals surface area contributed by atoms with Crippen molar-refractivity contribution in [1.29, 1.82) is 0 Å². The van der Waals surface area contributed by atoms with Crippen LogP contribution in [-0.2, 0) is 4.79 Å². The summed E-state index contributed by atoms with van der Waals surface area (Å²) in [6.07, 6.45) is 1.08. The third kappa shape index (κ3) is 4.82. The molecule has 0 aromatic heterocycles. The first-order valence-corrected chi connectivity index (χ1v) is 7.76. The van der Waals surface area contributed by atoms with Gasteiger partial charge in [0.05, 0.1) is 16.3 Å². The third-order valence-electron chi connectivity index (χ3n) is 2.86. The maximum absolute atomic E-state index is 11.7. The van der Waals surface area contributed by atoms with Crippen LogP contribution in [-0.4, -0.2) is 34.0 Å². The Morgan fingerprint density at radius 1 is 1.12 bits per heavy atom. The van der Waals surface area contributed by atoms with Crippen LogP contribution < -0.4 is 10.2 Å². The molecule has 2 aromatic carbocycles. The minimum atomic E-state index is -0.689. The molecule has 2 rings (SSSR count). The number of benzene rings is 2. The van der Waals surface area contributed by atoms with Crippen LogP contribution in [0.5, 0.6) is 23.0 Å². The van der Waals surface area contributed by atoms with E-state index < -0.39 is 29.8 Å². The van der Waals surface area contributed by atoms with E-state index >= 15 is 0 Å². The van der Waals surface area contributed by atoms with Crippen molar-refractivity contribution in [2.24, 2.45) is 5.10 Å². The molecular formula is C15H11Cl3N2O5. The van der Waals surface area contributed by atoms with Gasteiger partial charge in [-0.05, 0) is 24.3 Å². The molecule has 7 nitrogen and oxygen atoms in total. The van der Waals surface area contributed by atoms with Gasteiger partial charge in [0.2, 0.25) is 5.75 Å². The number of hydrazone groups is 1. The molecule has 0 aliphatic heterocycles. The second-order valence-corrected chi connectivity index (χ2v) is 5.90. The summed E-state index contributed by atoms with van der Waals surface area (Å²) in [5, 5.41) is 32.4. The van der Waals surface area contributed by atoms with Crippen molar-refractivity contribution in [3.8, 4) is 23.0 Å². The van der Waals surface area contributed by atoms with E-state index in [0.717, 1.165) is 12.3 Å². The Labute approximate surface area is 157 Å². The number of phenols is 3. The maximum Gasteiger partial charge on any atom is 0.277 e. The van der Waals surface area contributed by atoms with Crippen LogP contribution in [0.15, 0.2) is 29.4 Å². The monoisotopic (exact) mass is 404 g/mol. The molecule has 0 fully saturated rings. The number of ether oxygens (including phenoxy) is 1. The summed E-state index contributed by atoms with van der Waals surface area (Å²) in [6, 6.07) is 5.29. The zero-order valence-corrected chi connectivity index (χ0v) is 14.6. The lowest BCUT2D eigenvalue weighted by atomic mass is 10.2. The van der Waals surface area contributed by atoms with Crippen molar-refractivity contribution >= 4 is 46.9 Å². The lowest BCUT2D eigenvalue weighted by Gasteiger charge is -2.09. The molecule has 0 heterocycles. The number of hydrogen-bond acceptors (Lipinski definition) is 6. The highest BCUT2D eigenvalue weighted by Crippen LogP contribution is 2.36. The first kappa shape index (κ1) is 19.0. The van der Waals surface area contributed by atoms with Gasteiger partial charge in [-0.25, -0.2) is 5.43 Å². The van der Waals surface area contributed by atoms with Crippen LogP contribution >= 0.6 is 34.8 Å². The fourth-order valence-corrected chi connectivity index (χ4v) is 2.63. The molecule has 0 bridgehead atoms. The van der Waals surface area contributed by atoms with Gasteiger partial charge >= 0.3 is 0 Å². The van der Waals surface area contributed by atoms with Crippen LogP contribution in [0.25, 0.3) is 0 Å². The van der Waals surface area contributed by atoms with Gasteiger partial charge in [-0.1, -0.05) is 34.8 Å². The minimum absolute atomic E-state index is 0.0836. The average molecular weight is 406 g/mol. The van der Waals surface area contributed by atoms with Crippen molar-refractivity contribution in [1.82, 2.24) is 5.43 Å². The summed E-state index contributed by atoms with van der Waals surface area (Å²) in [5.41, 5.74) is 2.23. The second-order valence-electron chi connectivity index (χ2n) is 4.65. The minimum Gasteiger partial charge on any atom is -0.504 e. The van der Waals surface area contributed by atoms with Crippen molar-refractivity contribution in [2.75, 3.05) is 6.61 Å². The van der Waals surface area contributed by atoms with Crippen molar-refractivity contribution in [3.05, 3.63) is 44.9 Å². The van der Waals surface area contributed by atoms with E-state index in [-0.39, 0.29) is 21.4 Å². The number of hydrogen-bond donors (Lipinski definition) is 4. The predicted octanol–water partition coefficient (Wildman–Crippen LogP) is 3.29. The molecule has 0 radical (unpaired) electrons. The number of nitrogens with one attached hydrogen (secondary N) is 1. The maximum atomic E-state index is 11.7. The molecule has 0 aliphatic carbocycles. The van der Waals surface area contributed by atoms with Crippen molar-refractivity contribution in [2.45, 2.75) is 0 Å². The molecule has 1 amide bonds. The summed E-state index contributed by atoms with van der Waals surface area (Å²) >= 11 is 17.6. The summed E-state index contributed by atoms with van der Waals surface area (Å²) in [6.45, 7) is -0.425. The Balaban J connectivity index is 1.95. The molecule has 0 aliphatic rings. The number of phenolic OH excluding ortho intramolecular Hbond substituents is 3. The molecule has 0 saturated carbocycles. The molecule has 10 heteroatoms. The highest BCUT2D eigenvalue weighted by Gasteiger charge is 2.12. The highest BCUT2D eigenvalue weighted by atomic mass is 35.5. The number of halogens is 3. The van der Waals surface area contributed by atoms with Crippen molar-refractivity contribution < 1.29 is 24.9 Å². The van der Waals surface area contributed by atoms with Crippen LogP contribution in [0.3, 0.4) is 0 Å². The molecular weight excluding hydrogens is 395 g/mol. The van der Waals surface area contributed by atoms with Gasteiger partial charge in [-0.2, -0.15) is 5.10 Å². The van der Waals surface area contributed by atoms with Gasteiger partial charge in [0.15, 0.2) is 23.9 Å². The first-order valence-electron chi connectivity index (χ1n) is 6.62. The Bertz CT molecular complexity index is 819. The van der Waals surface area contributed by atoms with E-state index in [2.05, 4.69) is 10.5 Å². The Kier molecular flexibility index (Phi) is 6.19. The average Bonchev–Trinajstić information content (AvgIpc) is 2.54. The lowest BCUT2D eigenvalue weighted by molar-refractivity contribution is -0.123. The third-order valence-corrected chi connectivity index (χ3v) is 3.64. The number of rotatable bonds is 5. The molecule has 0 atom stereocenters. The number of carbonyl (C=O) groups excluding carboxylic acids is 1. The van der Waals surface area contributed by atoms with E-state index in [0.29, 0.717) is 5.02 Å². The van der Waals surface area contributed by atoms with Crippen LogP contribution in [0, 0.1) is 0 Å². The van der Waals surface area contributed by atoms with E-state index in [1.54, 1.807) is 0 Å². The Hall–Kier alpha value is -2.35. The van der Waals surface area contributed by atoms with Gasteiger partial charge in [0, 0.05) is 10.6 Å². The van der Waals surface area contributed by atoms with Crippen LogP contribution in [0.1, 0.15) is 5.56 Å². The molecule has 25 heavy (non-hydrogen) atoms. The van der Waals surface area contributed by atoms with Gasteiger partial charge in [-0.3, -0.25) is 4.79 Å². The lowest BCUT2D eigenvalue weighted by Crippen LogP contribution is -2.24. The van der Waals surface area contributed by atoms with E-state index in [4.69, 9.17) is 39.5 Å². The number of nitrogens with zero attached hydrogens (tertiary/aromatic N) is 1. The van der Waals surface area contributed by atoms with Gasteiger partial charge in [0.25, 0.3) is 5.91 Å². The number of carbonyl (C=O) groups is 1. The molecule has 0 saturated heterocycles. The summed E-state index contributed by atoms with van der Waals surface area (Å²) in [7, 11) is 0. The Morgan fingerprint density at radius 2 is 1.76 bits per heavy atom. The zero-order chi connectivity index (χ0) is 18.6. The first-order chi connectivity index (χ1) is 11.8. The fraction of sp³-hybridized carbons (Fsp3) is 0.0667. The molecule has 0 spiro atoms. The van der Waals surface area contributed by atoms with Crippen LogP contribution in [0.2, 0.25) is 15.1 Å². The van der Waals surface area contributed by atoms with Crippen molar-refractivity contribution in [3.63, 3.8) is 0 Å². The molecule has 2 aromatic rings. The largest absolute Gasteiger partial charge is 0.504 e. The van der Waals surface area contributed by atoms with E-state index in [9.17, 15) is 20.1 Å². The van der Waals surface area contributed by atoms with E-state index in [1.165, 1.54) is 18.2 Å². The topological polar surface area (TPSA) is 111 Å². The molecule has 132 valence electrons. The SMILES string of the molecule is O=C(COc1c(Cl)cc(Cl)cc1Cl)N/N=C/c1ccc(O)c(O)c1O. The second kappa shape index (κ2) is 8.15. The van der Waals surface area contributed by atoms with E-state index in [1.807, 2.05) is 0 Å². The Morgan fingerprint density at radius 3 is 2.40 bits per heavy atom. The quantitative estimate of drug-likeness (QED) is 0.346. The molecule has 0 unspecified atom stereocenters. The summed E-state index contributed by atoms with van der Waals surface area (Å²) in [4.78, 5) is 11.7. The summed E-state index contributed by atoms with van der Waals surface area (Å²) in [5.74, 6) is -2.27. The summed E-state index contributed by atoms with van der Waals surface area (Å²) < 4.78 is 5.21. The normalized spacial score (nSPS) is 10.8. The fourth-order valence-electron chi connectivity index (χ4n) is 1.70. The highest BCUT2D eigenvalue weighted by molar-refractivity contribution is 6.40. The smallest absolute Gasteiger partial charge is 0.277 e. The van der Waals surface area contributed by atoms with Crippen LogP contribution in [0.4, 0.5) is 0 Å². The zero-order valence-electron chi connectivity index (χ0n) is 12.3. The number of aromatic hydroxyl groups is 3.